The van der Waals surface area contributed by atoms with Gasteiger partial charge >= 0.3 is 6.09 Å². The van der Waals surface area contributed by atoms with E-state index in [-0.39, 0.29) is 18.0 Å². The van der Waals surface area contributed by atoms with E-state index in [1.165, 1.54) is 11.9 Å². The van der Waals surface area contributed by atoms with Crippen LogP contribution in [0.1, 0.15) is 56.0 Å². The van der Waals surface area contributed by atoms with E-state index < -0.39 is 11.7 Å². The van der Waals surface area contributed by atoms with Gasteiger partial charge in [0.2, 0.25) is 0 Å². The van der Waals surface area contributed by atoms with Crippen LogP contribution in [0.25, 0.3) is 0 Å². The van der Waals surface area contributed by atoms with E-state index in [1.807, 2.05) is 51.1 Å². The van der Waals surface area contributed by atoms with E-state index >= 15 is 0 Å². The van der Waals surface area contributed by atoms with Gasteiger partial charge in [-0.25, -0.2) is 9.78 Å². The predicted molar refractivity (Wildman–Crippen MR) is 135 cm³/mol. The summed E-state index contributed by atoms with van der Waals surface area (Å²) < 4.78 is 6.44. The second kappa shape index (κ2) is 10.3. The largest absolute Gasteiger partial charge is 0.444 e. The van der Waals surface area contributed by atoms with Gasteiger partial charge in [0.25, 0.3) is 5.91 Å². The summed E-state index contributed by atoms with van der Waals surface area (Å²) in [5, 5.41) is 22.1. The number of nitrogens with zero attached hydrogens (tertiary/aromatic N) is 2. The van der Waals surface area contributed by atoms with Crippen molar-refractivity contribution in [2.75, 3.05) is 17.7 Å². The van der Waals surface area contributed by atoms with E-state index in [9.17, 15) is 14.8 Å². The number of amides is 2. The van der Waals surface area contributed by atoms with Crippen LogP contribution in [-0.4, -0.2) is 51.4 Å². The molecule has 2 amide bonds. The van der Waals surface area contributed by atoms with Crippen LogP contribution in [-0.2, 0) is 11.3 Å². The molecule has 5 N–H and O–H groups in total. The van der Waals surface area contributed by atoms with Gasteiger partial charge in [0, 0.05) is 30.2 Å². The van der Waals surface area contributed by atoms with Crippen LogP contribution in [0.5, 0.6) is 0 Å². The lowest BCUT2D eigenvalue weighted by Gasteiger charge is -2.26. The van der Waals surface area contributed by atoms with Gasteiger partial charge in [-0.1, -0.05) is 6.07 Å². The van der Waals surface area contributed by atoms with Gasteiger partial charge in [0.15, 0.2) is 0 Å². The van der Waals surface area contributed by atoms with Crippen molar-refractivity contribution < 1.29 is 19.5 Å². The molecular formula is C24H32N6O4S. The third-order valence-electron chi connectivity index (χ3n) is 5.65. The molecule has 4 rings (SSSR count). The first-order chi connectivity index (χ1) is 16.6. The second-order valence-corrected chi connectivity index (χ2v) is 10.9. The maximum Gasteiger partial charge on any atom is 0.407 e. The van der Waals surface area contributed by atoms with Crippen LogP contribution in [0.15, 0.2) is 35.2 Å². The normalized spacial score (nSPS) is 19.3. The van der Waals surface area contributed by atoms with Crippen molar-refractivity contribution in [1.82, 2.24) is 20.1 Å². The summed E-state index contributed by atoms with van der Waals surface area (Å²) in [5.41, 5.74) is 1.55. The predicted octanol–water partition coefficient (Wildman–Crippen LogP) is 4.25. The third kappa shape index (κ3) is 6.56. The number of hydrogen-bond acceptors (Lipinski definition) is 9. The Balaban J connectivity index is 1.53. The third-order valence-corrected chi connectivity index (χ3v) is 6.38. The lowest BCUT2D eigenvalue weighted by atomic mass is 10.1. The zero-order valence-electron chi connectivity index (χ0n) is 20.3. The van der Waals surface area contributed by atoms with Gasteiger partial charge in [-0.05, 0) is 81.8 Å². The van der Waals surface area contributed by atoms with Crippen LogP contribution in [0.2, 0.25) is 0 Å². The smallest absolute Gasteiger partial charge is 0.407 e. The van der Waals surface area contributed by atoms with E-state index in [4.69, 9.17) is 9.72 Å². The SMILES string of the molecule is CN(O)Sc1cccc(Nc2nc(NC3CCC[C@@H]3NC(=O)OC(C)(C)C)cc3c2C(=O)NC3)c1. The number of hydroxylamine groups is 1. The highest BCUT2D eigenvalue weighted by atomic mass is 32.2. The first-order valence-electron chi connectivity index (χ1n) is 11.6. The summed E-state index contributed by atoms with van der Waals surface area (Å²) in [6.07, 6.45) is 2.27. The summed E-state index contributed by atoms with van der Waals surface area (Å²) >= 11 is 1.17. The Hall–Kier alpha value is -3.02. The molecule has 1 aliphatic heterocycles. The van der Waals surface area contributed by atoms with Gasteiger partial charge < -0.3 is 31.2 Å². The highest BCUT2D eigenvalue weighted by Gasteiger charge is 2.32. The molecular weight excluding hydrogens is 468 g/mol. The van der Waals surface area contributed by atoms with E-state index in [2.05, 4.69) is 21.3 Å². The van der Waals surface area contributed by atoms with Gasteiger partial charge in [0.05, 0.1) is 11.6 Å². The number of nitrogens with one attached hydrogen (secondary N) is 4. The second-order valence-electron chi connectivity index (χ2n) is 9.72. The molecule has 0 radical (unpaired) electrons. The van der Waals surface area contributed by atoms with Crippen molar-refractivity contribution in [1.29, 1.82) is 0 Å². The van der Waals surface area contributed by atoms with Crippen molar-refractivity contribution in [2.24, 2.45) is 0 Å². The van der Waals surface area contributed by atoms with Crippen molar-refractivity contribution in [3.63, 3.8) is 0 Å². The summed E-state index contributed by atoms with van der Waals surface area (Å²) in [4.78, 5) is 30.4. The zero-order valence-corrected chi connectivity index (χ0v) is 21.2. The first kappa shape index (κ1) is 25.1. The molecule has 1 aliphatic carbocycles. The zero-order chi connectivity index (χ0) is 25.2. The Morgan fingerprint density at radius 3 is 2.77 bits per heavy atom. The molecule has 1 saturated carbocycles. The molecule has 0 spiro atoms. The molecule has 2 aromatic rings. The minimum atomic E-state index is -0.560. The maximum atomic E-state index is 12.5. The lowest BCUT2D eigenvalue weighted by molar-refractivity contribution is 0.0453. The molecule has 10 nitrogen and oxygen atoms in total. The number of anilines is 3. The van der Waals surface area contributed by atoms with E-state index in [0.29, 0.717) is 23.7 Å². The van der Waals surface area contributed by atoms with Crippen LogP contribution in [0.3, 0.4) is 0 Å². The van der Waals surface area contributed by atoms with Crippen LogP contribution in [0.4, 0.5) is 22.1 Å². The molecule has 2 aliphatic rings. The summed E-state index contributed by atoms with van der Waals surface area (Å²) in [5.74, 6) is 0.910. The molecule has 1 unspecified atom stereocenters. The molecule has 1 aromatic carbocycles. The molecule has 188 valence electrons. The lowest BCUT2D eigenvalue weighted by Crippen LogP contribution is -2.45. The Morgan fingerprint density at radius 2 is 2.03 bits per heavy atom. The monoisotopic (exact) mass is 500 g/mol. The standard InChI is InChI=1S/C24H32N6O4S/c1-24(2,3)34-23(32)28-18-10-6-9-17(18)27-19-11-14-13-25-22(31)20(14)21(29-19)26-15-7-5-8-16(12-15)35-30(4)33/h5,7-8,11-12,17-18,33H,6,9-10,13H2,1-4H3,(H,25,31)(H,28,32)(H2,26,27,29)/t17?,18-/m0/s1. The van der Waals surface area contributed by atoms with Crippen molar-refractivity contribution >= 4 is 41.3 Å². The number of alkyl carbamates (subject to hydrolysis) is 1. The number of carbonyl (C=O) groups is 2. The van der Waals surface area contributed by atoms with E-state index in [1.54, 1.807) is 7.05 Å². The number of fused-ring (bicyclic) bond motifs is 1. The molecule has 11 heteroatoms. The molecule has 2 atom stereocenters. The molecule has 1 fully saturated rings. The van der Waals surface area contributed by atoms with Gasteiger partial charge in [-0.3, -0.25) is 4.79 Å². The van der Waals surface area contributed by atoms with Crippen LogP contribution in [0, 0.1) is 0 Å². The Kier molecular flexibility index (Phi) is 7.39. The fourth-order valence-electron chi connectivity index (χ4n) is 4.29. The van der Waals surface area contributed by atoms with Crippen molar-refractivity contribution in [3.8, 4) is 0 Å². The fourth-order valence-corrected chi connectivity index (χ4v) is 4.92. The highest BCUT2D eigenvalue weighted by Crippen LogP contribution is 2.31. The topological polar surface area (TPSA) is 128 Å². The molecule has 0 saturated heterocycles. The van der Waals surface area contributed by atoms with E-state index in [0.717, 1.165) is 39.9 Å². The summed E-state index contributed by atoms with van der Waals surface area (Å²) in [6.45, 7) is 5.94. The number of benzene rings is 1. The minimum absolute atomic E-state index is 0.00852. The Morgan fingerprint density at radius 1 is 1.26 bits per heavy atom. The number of pyridine rings is 1. The number of aromatic nitrogens is 1. The molecule has 35 heavy (non-hydrogen) atoms. The van der Waals surface area contributed by atoms with Crippen molar-refractivity contribution in [3.05, 3.63) is 41.5 Å². The quantitative estimate of drug-likeness (QED) is 0.280. The first-order valence-corrected chi connectivity index (χ1v) is 12.4. The summed E-state index contributed by atoms with van der Waals surface area (Å²) in [6, 6.07) is 9.28. The van der Waals surface area contributed by atoms with Crippen molar-refractivity contribution in [2.45, 2.75) is 69.2 Å². The number of rotatable bonds is 7. The minimum Gasteiger partial charge on any atom is -0.444 e. The Labute approximate surface area is 209 Å². The number of ether oxygens (including phenoxy) is 1. The number of hydrogen-bond donors (Lipinski definition) is 5. The fraction of sp³-hybridized carbons (Fsp3) is 0.458. The molecule has 2 heterocycles. The molecule has 1 aromatic heterocycles. The summed E-state index contributed by atoms with van der Waals surface area (Å²) in [7, 11) is 1.55. The highest BCUT2D eigenvalue weighted by molar-refractivity contribution is 7.96. The average Bonchev–Trinajstić information content (AvgIpc) is 3.33. The van der Waals surface area contributed by atoms with Gasteiger partial charge in [0.1, 0.15) is 17.2 Å². The average molecular weight is 501 g/mol. The van der Waals surface area contributed by atoms with Crippen LogP contribution < -0.4 is 21.3 Å². The molecule has 0 bridgehead atoms. The Bertz CT molecular complexity index is 1100. The van der Waals surface area contributed by atoms with Gasteiger partial charge in [-0.2, -0.15) is 0 Å². The van der Waals surface area contributed by atoms with Crippen LogP contribution >= 0.6 is 11.9 Å². The maximum absolute atomic E-state index is 12.5. The number of carbonyl (C=O) groups excluding carboxylic acids is 2. The van der Waals surface area contributed by atoms with Gasteiger partial charge in [-0.15, -0.1) is 4.47 Å².